The second-order valence-electron chi connectivity index (χ2n) is 9.33. The highest BCUT2D eigenvalue weighted by atomic mass is 16.7. The molecule has 2 aliphatic rings. The Morgan fingerprint density at radius 2 is 1.92 bits per heavy atom. The van der Waals surface area contributed by atoms with Crippen molar-refractivity contribution in [2.75, 3.05) is 0 Å². The van der Waals surface area contributed by atoms with Gasteiger partial charge in [0.25, 0.3) is 0 Å². The second-order valence-corrected chi connectivity index (χ2v) is 9.33. The normalized spacial score (nSPS) is 34.8. The van der Waals surface area contributed by atoms with E-state index in [9.17, 15) is 5.26 Å². The summed E-state index contributed by atoms with van der Waals surface area (Å²) in [6.07, 6.45) is 2.24. The maximum absolute atomic E-state index is 9.34. The molecule has 1 aliphatic heterocycles. The van der Waals surface area contributed by atoms with Crippen LogP contribution in [0, 0.1) is 30.1 Å². The van der Waals surface area contributed by atoms with Crippen molar-refractivity contribution in [3.05, 3.63) is 34.9 Å². The molecule has 1 aliphatic carbocycles. The van der Waals surface area contributed by atoms with Crippen LogP contribution in [0.3, 0.4) is 0 Å². The van der Waals surface area contributed by atoms with E-state index in [2.05, 4.69) is 71.7 Å². The van der Waals surface area contributed by atoms with E-state index >= 15 is 0 Å². The molecule has 136 valence electrons. The summed E-state index contributed by atoms with van der Waals surface area (Å²) in [5.41, 5.74) is 3.35. The Balaban J connectivity index is 2.01. The fourth-order valence-corrected chi connectivity index (χ4v) is 5.41. The van der Waals surface area contributed by atoms with Gasteiger partial charge in [-0.05, 0) is 82.1 Å². The van der Waals surface area contributed by atoms with Gasteiger partial charge in [0.2, 0.25) is 0 Å². The van der Waals surface area contributed by atoms with Gasteiger partial charge in [0.05, 0.1) is 17.2 Å². The van der Waals surface area contributed by atoms with Crippen LogP contribution >= 0.6 is 0 Å². The Morgan fingerprint density at radius 1 is 1.24 bits per heavy atom. The van der Waals surface area contributed by atoms with Crippen LogP contribution < -0.4 is 0 Å². The van der Waals surface area contributed by atoms with Gasteiger partial charge in [-0.1, -0.05) is 19.9 Å². The summed E-state index contributed by atoms with van der Waals surface area (Å²) in [7, 11) is 0. The van der Waals surface area contributed by atoms with Crippen LogP contribution in [0.4, 0.5) is 0 Å². The maximum atomic E-state index is 9.34. The van der Waals surface area contributed by atoms with Crippen molar-refractivity contribution >= 4 is 0 Å². The highest BCUT2D eigenvalue weighted by Crippen LogP contribution is 2.54. The van der Waals surface area contributed by atoms with Gasteiger partial charge in [-0.2, -0.15) is 10.3 Å². The molecular weight excluding hydrogens is 308 g/mol. The minimum atomic E-state index is -0.147. The largest absolute Gasteiger partial charge is 0.292 e. The summed E-state index contributed by atoms with van der Waals surface area (Å²) in [6.45, 7) is 15.9. The Kier molecular flexibility index (Phi) is 4.50. The smallest absolute Gasteiger partial charge is 0.0991 e. The van der Waals surface area contributed by atoms with Crippen LogP contribution in [-0.2, 0) is 10.3 Å². The molecule has 2 fully saturated rings. The predicted molar refractivity (Wildman–Crippen MR) is 101 cm³/mol. The first kappa shape index (κ1) is 18.4. The van der Waals surface area contributed by atoms with E-state index in [4.69, 9.17) is 4.84 Å². The van der Waals surface area contributed by atoms with E-state index in [1.807, 2.05) is 6.07 Å². The summed E-state index contributed by atoms with van der Waals surface area (Å²) in [5, 5.41) is 11.6. The van der Waals surface area contributed by atoms with Crippen LogP contribution in [0.2, 0.25) is 0 Å². The third-order valence-corrected chi connectivity index (χ3v) is 6.49. The minimum Gasteiger partial charge on any atom is -0.292 e. The van der Waals surface area contributed by atoms with E-state index in [1.165, 1.54) is 11.1 Å². The molecule has 0 bridgehead atoms. The second kappa shape index (κ2) is 6.11. The van der Waals surface area contributed by atoms with Crippen LogP contribution in [0.5, 0.6) is 0 Å². The zero-order chi connectivity index (χ0) is 18.6. The quantitative estimate of drug-likeness (QED) is 0.762. The van der Waals surface area contributed by atoms with Gasteiger partial charge in [0.15, 0.2) is 0 Å². The van der Waals surface area contributed by atoms with Crippen LogP contribution in [0.15, 0.2) is 18.2 Å². The molecule has 1 saturated heterocycles. The van der Waals surface area contributed by atoms with Gasteiger partial charge < -0.3 is 0 Å². The summed E-state index contributed by atoms with van der Waals surface area (Å²) >= 11 is 0. The van der Waals surface area contributed by atoms with Gasteiger partial charge in [-0.3, -0.25) is 4.84 Å². The van der Waals surface area contributed by atoms with Crippen molar-refractivity contribution in [2.24, 2.45) is 11.8 Å². The first-order chi connectivity index (χ1) is 11.6. The molecule has 3 heteroatoms. The Morgan fingerprint density at radius 3 is 2.52 bits per heavy atom. The van der Waals surface area contributed by atoms with E-state index in [1.54, 1.807) is 0 Å². The summed E-state index contributed by atoms with van der Waals surface area (Å²) in [5.74, 6) is 1.05. The summed E-state index contributed by atoms with van der Waals surface area (Å²) in [4.78, 5) is 6.41. The molecule has 3 rings (SSSR count). The van der Waals surface area contributed by atoms with Crippen molar-refractivity contribution in [2.45, 2.75) is 84.4 Å². The first-order valence-corrected chi connectivity index (χ1v) is 9.58. The monoisotopic (exact) mass is 340 g/mol. The average molecular weight is 341 g/mol. The zero-order valence-electron chi connectivity index (χ0n) is 16.8. The molecule has 3 nitrogen and oxygen atoms in total. The van der Waals surface area contributed by atoms with Gasteiger partial charge in [0, 0.05) is 18.0 Å². The number of hydroxylamine groups is 2. The van der Waals surface area contributed by atoms with Gasteiger partial charge in [-0.15, -0.1) is 0 Å². The van der Waals surface area contributed by atoms with Gasteiger partial charge >= 0.3 is 0 Å². The number of nitrogens with zero attached hydrogens (tertiary/aromatic N) is 2. The Hall–Kier alpha value is -1.37. The third-order valence-electron chi connectivity index (χ3n) is 6.49. The van der Waals surface area contributed by atoms with Crippen LogP contribution in [0.1, 0.15) is 71.1 Å². The lowest BCUT2D eigenvalue weighted by Gasteiger charge is -2.47. The molecule has 0 amide bonds. The average Bonchev–Trinajstić information content (AvgIpc) is 2.79. The fraction of sp³-hybridized carbons (Fsp3) is 0.682. The van der Waals surface area contributed by atoms with Crippen molar-refractivity contribution < 1.29 is 4.84 Å². The van der Waals surface area contributed by atoms with Crippen LogP contribution in [0.25, 0.3) is 0 Å². The number of benzene rings is 1. The minimum absolute atomic E-state index is 0.0884. The molecule has 4 atom stereocenters. The molecule has 0 unspecified atom stereocenters. The predicted octanol–water partition coefficient (Wildman–Crippen LogP) is 4.97. The molecule has 1 saturated carbocycles. The molecule has 1 aromatic rings. The van der Waals surface area contributed by atoms with Crippen molar-refractivity contribution in [1.29, 1.82) is 5.26 Å². The van der Waals surface area contributed by atoms with E-state index < -0.39 is 0 Å². The molecule has 0 radical (unpaired) electrons. The number of nitriles is 1. The number of hydrogen-bond acceptors (Lipinski definition) is 3. The molecule has 0 N–H and O–H groups in total. The SMILES string of the molecule is Cc1ccc(C#N)cc1[C@@]1(C)C[C@@H]2[C@@H]([C@@H](C)C1)N(C(C)C)OC2(C)C. The summed E-state index contributed by atoms with van der Waals surface area (Å²) < 4.78 is 0. The molecule has 25 heavy (non-hydrogen) atoms. The molecule has 0 aromatic heterocycles. The maximum Gasteiger partial charge on any atom is 0.0991 e. The first-order valence-electron chi connectivity index (χ1n) is 9.58. The lowest BCUT2D eigenvalue weighted by molar-refractivity contribution is -0.215. The lowest BCUT2D eigenvalue weighted by atomic mass is 9.58. The van der Waals surface area contributed by atoms with Crippen molar-refractivity contribution in [1.82, 2.24) is 5.06 Å². The highest BCUT2D eigenvalue weighted by molar-refractivity contribution is 5.42. The molecule has 1 heterocycles. The molecule has 1 aromatic carbocycles. The van der Waals surface area contributed by atoms with Crippen LogP contribution in [-0.4, -0.2) is 22.7 Å². The van der Waals surface area contributed by atoms with Crippen molar-refractivity contribution in [3.63, 3.8) is 0 Å². The van der Waals surface area contributed by atoms with Gasteiger partial charge in [-0.25, -0.2) is 0 Å². The van der Waals surface area contributed by atoms with E-state index in [0.29, 0.717) is 23.9 Å². The number of fused-ring (bicyclic) bond motifs is 1. The number of hydrogen-bond donors (Lipinski definition) is 0. The Labute approximate surface area is 152 Å². The van der Waals surface area contributed by atoms with E-state index in [0.717, 1.165) is 18.4 Å². The molecule has 0 spiro atoms. The van der Waals surface area contributed by atoms with E-state index in [-0.39, 0.29) is 11.0 Å². The lowest BCUT2D eigenvalue weighted by Crippen LogP contribution is -2.50. The standard InChI is InChI=1S/C22H32N2O/c1-14(2)24-20-16(4)11-22(7,12-19(20)21(5,6)25-24)18-10-17(13-23)9-8-15(18)3/h8-10,14,16,19-20H,11-12H2,1-7H3/t16-,19+,20+,22+/m0/s1. The third kappa shape index (κ3) is 3.00. The van der Waals surface area contributed by atoms with Gasteiger partial charge in [0.1, 0.15) is 0 Å². The fourth-order valence-electron chi connectivity index (χ4n) is 5.41. The molecular formula is C22H32N2O. The Bertz CT molecular complexity index is 702. The van der Waals surface area contributed by atoms with Crippen molar-refractivity contribution in [3.8, 4) is 6.07 Å². The highest BCUT2D eigenvalue weighted by Gasteiger charge is 2.57. The zero-order valence-corrected chi connectivity index (χ0v) is 16.8. The summed E-state index contributed by atoms with van der Waals surface area (Å²) in [6, 6.07) is 9.33. The number of aryl methyl sites for hydroxylation is 1. The number of rotatable bonds is 2. The topological polar surface area (TPSA) is 36.3 Å².